The van der Waals surface area contributed by atoms with Gasteiger partial charge in [-0.1, -0.05) is 18.2 Å². The van der Waals surface area contributed by atoms with Gasteiger partial charge < -0.3 is 10.2 Å². The molecule has 16 heavy (non-hydrogen) atoms. The number of likely N-dealkylation sites (N-methyl/N-ethyl adjacent to an activating group) is 1. The predicted octanol–water partition coefficient (Wildman–Crippen LogP) is 2.18. The molecule has 0 radical (unpaired) electrons. The molecule has 1 N–H and O–H groups in total. The molecule has 1 heterocycles. The van der Waals surface area contributed by atoms with Crippen molar-refractivity contribution in [3.63, 3.8) is 0 Å². The number of hydrogen-bond acceptors (Lipinski definition) is 2. The summed E-state index contributed by atoms with van der Waals surface area (Å²) in [5.41, 5.74) is 0.798. The Morgan fingerprint density at radius 1 is 1.38 bits per heavy atom. The first kappa shape index (κ1) is 11.6. The fourth-order valence-electron chi connectivity index (χ4n) is 2.55. The Balaban J connectivity index is 2.28. The predicted molar refractivity (Wildman–Crippen MR) is 63.9 cm³/mol. The van der Waals surface area contributed by atoms with Crippen LogP contribution in [0.2, 0.25) is 0 Å². The summed E-state index contributed by atoms with van der Waals surface area (Å²) in [4.78, 5) is 2.10. The third-order valence-corrected chi connectivity index (χ3v) is 3.26. The van der Waals surface area contributed by atoms with Crippen molar-refractivity contribution in [3.05, 3.63) is 35.6 Å². The van der Waals surface area contributed by atoms with Crippen molar-refractivity contribution in [2.75, 3.05) is 20.6 Å². The first-order valence-electron chi connectivity index (χ1n) is 5.84. The van der Waals surface area contributed by atoms with E-state index in [1.165, 1.54) is 6.42 Å². The summed E-state index contributed by atoms with van der Waals surface area (Å²) in [6.07, 6.45) is 2.31. The Labute approximate surface area is 96.5 Å². The molecule has 1 saturated heterocycles. The summed E-state index contributed by atoms with van der Waals surface area (Å²) >= 11 is 0. The number of nitrogens with one attached hydrogen (secondary N) is 1. The summed E-state index contributed by atoms with van der Waals surface area (Å²) in [6.45, 7) is 1.05. The molecule has 2 nitrogen and oxygen atoms in total. The highest BCUT2D eigenvalue weighted by Crippen LogP contribution is 2.28. The van der Waals surface area contributed by atoms with Gasteiger partial charge in [0.25, 0.3) is 0 Å². The largest absolute Gasteiger partial charge is 0.312 e. The summed E-state index contributed by atoms with van der Waals surface area (Å²) in [5, 5.41) is 3.46. The summed E-state index contributed by atoms with van der Waals surface area (Å²) < 4.78 is 13.8. The van der Waals surface area contributed by atoms with Gasteiger partial charge >= 0.3 is 0 Å². The zero-order chi connectivity index (χ0) is 11.5. The molecule has 88 valence electrons. The molecule has 2 atom stereocenters. The molecule has 2 rings (SSSR count). The third kappa shape index (κ3) is 2.25. The standard InChI is InChI=1S/C13H19FN2/c1-16(2)13(12-8-5-9-15-12)10-6-3-4-7-11(10)14/h3-4,6-7,12-13,15H,5,8-9H2,1-2H3. The van der Waals surface area contributed by atoms with Crippen molar-refractivity contribution >= 4 is 0 Å². The van der Waals surface area contributed by atoms with Gasteiger partial charge in [0.05, 0.1) is 6.04 Å². The molecular weight excluding hydrogens is 203 g/mol. The van der Waals surface area contributed by atoms with Crippen molar-refractivity contribution < 1.29 is 4.39 Å². The summed E-state index contributed by atoms with van der Waals surface area (Å²) in [6, 6.07) is 7.58. The van der Waals surface area contributed by atoms with Crippen LogP contribution in [0.5, 0.6) is 0 Å². The second-order valence-corrected chi connectivity index (χ2v) is 4.63. The molecule has 1 aromatic rings. The van der Waals surface area contributed by atoms with Gasteiger partial charge in [0.2, 0.25) is 0 Å². The van der Waals surface area contributed by atoms with Crippen LogP contribution in [0.25, 0.3) is 0 Å². The van der Waals surface area contributed by atoms with Gasteiger partial charge in [0.15, 0.2) is 0 Å². The van der Waals surface area contributed by atoms with Crippen LogP contribution < -0.4 is 5.32 Å². The van der Waals surface area contributed by atoms with E-state index >= 15 is 0 Å². The minimum atomic E-state index is -0.102. The molecule has 1 aliphatic rings. The lowest BCUT2D eigenvalue weighted by molar-refractivity contribution is 0.238. The molecule has 0 spiro atoms. The van der Waals surface area contributed by atoms with E-state index in [2.05, 4.69) is 10.2 Å². The van der Waals surface area contributed by atoms with Crippen molar-refractivity contribution in [1.82, 2.24) is 10.2 Å². The second kappa shape index (κ2) is 4.93. The van der Waals surface area contributed by atoms with E-state index in [1.54, 1.807) is 12.1 Å². The van der Waals surface area contributed by atoms with E-state index in [0.717, 1.165) is 18.5 Å². The fraction of sp³-hybridized carbons (Fsp3) is 0.538. The minimum absolute atomic E-state index is 0.102. The number of benzene rings is 1. The zero-order valence-electron chi connectivity index (χ0n) is 9.91. The molecule has 1 aromatic carbocycles. The molecule has 0 saturated carbocycles. The normalized spacial score (nSPS) is 22.6. The Bertz CT molecular complexity index is 346. The molecule has 0 amide bonds. The van der Waals surface area contributed by atoms with Gasteiger partial charge in [-0.3, -0.25) is 0 Å². The molecule has 3 heteroatoms. The van der Waals surface area contributed by atoms with Crippen LogP contribution in [0.1, 0.15) is 24.4 Å². The molecule has 1 fully saturated rings. The van der Waals surface area contributed by atoms with E-state index < -0.39 is 0 Å². The average molecular weight is 222 g/mol. The Hall–Kier alpha value is -0.930. The number of halogens is 1. The van der Waals surface area contributed by atoms with E-state index in [4.69, 9.17) is 0 Å². The van der Waals surface area contributed by atoms with Crippen LogP contribution in [0.3, 0.4) is 0 Å². The molecule has 2 unspecified atom stereocenters. The smallest absolute Gasteiger partial charge is 0.128 e. The fourth-order valence-corrected chi connectivity index (χ4v) is 2.55. The third-order valence-electron chi connectivity index (χ3n) is 3.26. The molecule has 1 aliphatic heterocycles. The topological polar surface area (TPSA) is 15.3 Å². The Morgan fingerprint density at radius 2 is 2.12 bits per heavy atom. The van der Waals surface area contributed by atoms with Gasteiger partial charge in [-0.2, -0.15) is 0 Å². The maximum atomic E-state index is 13.8. The highest BCUT2D eigenvalue weighted by molar-refractivity contribution is 5.23. The first-order chi connectivity index (χ1) is 7.70. The quantitative estimate of drug-likeness (QED) is 0.843. The monoisotopic (exact) mass is 222 g/mol. The van der Waals surface area contributed by atoms with Crippen LogP contribution in [-0.4, -0.2) is 31.6 Å². The second-order valence-electron chi connectivity index (χ2n) is 4.63. The van der Waals surface area contributed by atoms with Gasteiger partial charge in [-0.05, 0) is 39.5 Å². The number of hydrogen-bond donors (Lipinski definition) is 1. The van der Waals surface area contributed by atoms with Gasteiger partial charge in [0.1, 0.15) is 5.82 Å². The van der Waals surface area contributed by atoms with Crippen molar-refractivity contribution in [1.29, 1.82) is 0 Å². The van der Waals surface area contributed by atoms with Crippen LogP contribution in [0, 0.1) is 5.82 Å². The highest BCUT2D eigenvalue weighted by Gasteiger charge is 2.29. The van der Waals surface area contributed by atoms with Gasteiger partial charge in [-0.15, -0.1) is 0 Å². The zero-order valence-corrected chi connectivity index (χ0v) is 9.91. The number of rotatable bonds is 3. The lowest BCUT2D eigenvalue weighted by Gasteiger charge is -2.30. The van der Waals surface area contributed by atoms with Crippen molar-refractivity contribution in [3.8, 4) is 0 Å². The first-order valence-corrected chi connectivity index (χ1v) is 5.84. The Kier molecular flexibility index (Phi) is 3.56. The molecule has 0 aliphatic carbocycles. The average Bonchev–Trinajstić information content (AvgIpc) is 2.74. The maximum Gasteiger partial charge on any atom is 0.128 e. The lowest BCUT2D eigenvalue weighted by Crippen LogP contribution is -2.37. The molecule has 0 bridgehead atoms. The van der Waals surface area contributed by atoms with E-state index in [0.29, 0.717) is 6.04 Å². The SMILES string of the molecule is CN(C)C(c1ccccc1F)C1CCCN1. The van der Waals surface area contributed by atoms with Gasteiger partial charge in [0, 0.05) is 11.6 Å². The van der Waals surface area contributed by atoms with Crippen LogP contribution >= 0.6 is 0 Å². The van der Waals surface area contributed by atoms with E-state index in [-0.39, 0.29) is 11.9 Å². The number of nitrogens with zero attached hydrogens (tertiary/aromatic N) is 1. The van der Waals surface area contributed by atoms with Crippen molar-refractivity contribution in [2.24, 2.45) is 0 Å². The maximum absolute atomic E-state index is 13.8. The molecular formula is C13H19FN2. The highest BCUT2D eigenvalue weighted by atomic mass is 19.1. The minimum Gasteiger partial charge on any atom is -0.312 e. The molecule has 0 aromatic heterocycles. The van der Waals surface area contributed by atoms with E-state index in [9.17, 15) is 4.39 Å². The van der Waals surface area contributed by atoms with E-state index in [1.807, 2.05) is 26.2 Å². The van der Waals surface area contributed by atoms with Crippen LogP contribution in [-0.2, 0) is 0 Å². The summed E-state index contributed by atoms with van der Waals surface area (Å²) in [7, 11) is 4.02. The van der Waals surface area contributed by atoms with Gasteiger partial charge in [-0.25, -0.2) is 4.39 Å². The van der Waals surface area contributed by atoms with Crippen LogP contribution in [0.15, 0.2) is 24.3 Å². The van der Waals surface area contributed by atoms with Crippen molar-refractivity contribution in [2.45, 2.75) is 24.9 Å². The van der Waals surface area contributed by atoms with Crippen LogP contribution in [0.4, 0.5) is 4.39 Å². The summed E-state index contributed by atoms with van der Waals surface area (Å²) in [5.74, 6) is -0.102. The lowest BCUT2D eigenvalue weighted by atomic mass is 9.96. The Morgan fingerprint density at radius 3 is 2.69 bits per heavy atom.